The Labute approximate surface area is 116 Å². The minimum atomic E-state index is -0.579. The average Bonchev–Trinajstić information content (AvgIpc) is 2.40. The van der Waals surface area contributed by atoms with Crippen molar-refractivity contribution in [2.24, 2.45) is 5.73 Å². The second-order valence-electron chi connectivity index (χ2n) is 4.55. The number of nitrogens with two attached hydrogens (primary N) is 2. The number of anilines is 2. The van der Waals surface area contributed by atoms with Crippen molar-refractivity contribution in [1.82, 2.24) is 0 Å². The van der Waals surface area contributed by atoms with E-state index in [1.165, 1.54) is 12.1 Å². The van der Waals surface area contributed by atoms with E-state index in [1.54, 1.807) is 24.3 Å². The van der Waals surface area contributed by atoms with Gasteiger partial charge in [0.2, 0.25) is 0 Å². The number of hydrogen-bond donors (Lipinski definition) is 3. The zero-order valence-corrected chi connectivity index (χ0v) is 11.1. The highest BCUT2D eigenvalue weighted by Gasteiger charge is 2.12. The Kier molecular flexibility index (Phi) is 3.89. The summed E-state index contributed by atoms with van der Waals surface area (Å²) in [5.74, 6) is -0.875. The van der Waals surface area contributed by atoms with Crippen LogP contribution in [0.1, 0.15) is 28.9 Å². The first-order chi connectivity index (χ1) is 9.49. The maximum Gasteiger partial charge on any atom is 0.250 e. The zero-order valence-electron chi connectivity index (χ0n) is 11.1. The molecule has 0 aliphatic carbocycles. The molecule has 0 aromatic heterocycles. The lowest BCUT2D eigenvalue weighted by molar-refractivity contribution is 0.100. The molecule has 0 bridgehead atoms. The third-order valence-electron chi connectivity index (χ3n) is 3.09. The van der Waals surface area contributed by atoms with E-state index in [1.807, 2.05) is 13.0 Å². The van der Waals surface area contributed by atoms with Crippen LogP contribution in [0, 0.1) is 5.82 Å². The Bertz CT molecular complexity index is 643. The summed E-state index contributed by atoms with van der Waals surface area (Å²) in [7, 11) is 0. The molecule has 5 heteroatoms. The van der Waals surface area contributed by atoms with Gasteiger partial charge in [0, 0.05) is 6.04 Å². The fourth-order valence-electron chi connectivity index (χ4n) is 2.00. The van der Waals surface area contributed by atoms with Crippen molar-refractivity contribution in [2.75, 3.05) is 11.1 Å². The van der Waals surface area contributed by atoms with Crippen LogP contribution in [0.15, 0.2) is 42.5 Å². The van der Waals surface area contributed by atoms with Crippen LogP contribution in [0.4, 0.5) is 15.8 Å². The van der Waals surface area contributed by atoms with Gasteiger partial charge in [-0.25, -0.2) is 4.39 Å². The number of benzene rings is 2. The Morgan fingerprint density at radius 3 is 2.60 bits per heavy atom. The van der Waals surface area contributed by atoms with Crippen LogP contribution >= 0.6 is 0 Å². The predicted molar refractivity (Wildman–Crippen MR) is 77.8 cm³/mol. The predicted octanol–water partition coefficient (Wildman–Crippen LogP) is 2.68. The molecule has 1 atom stereocenters. The molecular formula is C15H16FN3O. The first kappa shape index (κ1) is 13.9. The van der Waals surface area contributed by atoms with Gasteiger partial charge in [0.05, 0.1) is 16.9 Å². The monoisotopic (exact) mass is 273 g/mol. The van der Waals surface area contributed by atoms with Crippen LogP contribution in [0.3, 0.4) is 0 Å². The number of nitrogens with one attached hydrogen (secondary N) is 1. The molecule has 4 nitrogen and oxygen atoms in total. The lowest BCUT2D eigenvalue weighted by Crippen LogP contribution is -2.15. The second-order valence-corrected chi connectivity index (χ2v) is 4.55. The Morgan fingerprint density at radius 2 is 1.95 bits per heavy atom. The first-order valence-corrected chi connectivity index (χ1v) is 6.19. The van der Waals surface area contributed by atoms with Gasteiger partial charge in [-0.1, -0.05) is 18.2 Å². The first-order valence-electron chi connectivity index (χ1n) is 6.19. The molecule has 5 N–H and O–H groups in total. The third-order valence-corrected chi connectivity index (χ3v) is 3.09. The topological polar surface area (TPSA) is 81.1 Å². The van der Waals surface area contributed by atoms with Gasteiger partial charge in [0.15, 0.2) is 0 Å². The number of nitrogen functional groups attached to an aromatic ring is 1. The summed E-state index contributed by atoms with van der Waals surface area (Å²) < 4.78 is 13.2. The van der Waals surface area contributed by atoms with Crippen LogP contribution in [-0.2, 0) is 0 Å². The molecule has 2 aromatic rings. The Hall–Kier alpha value is -2.56. The van der Waals surface area contributed by atoms with E-state index in [2.05, 4.69) is 5.32 Å². The van der Waals surface area contributed by atoms with E-state index >= 15 is 0 Å². The van der Waals surface area contributed by atoms with Crippen LogP contribution in [-0.4, -0.2) is 5.91 Å². The van der Waals surface area contributed by atoms with Crippen molar-refractivity contribution in [2.45, 2.75) is 13.0 Å². The molecule has 0 aliphatic rings. The molecule has 20 heavy (non-hydrogen) atoms. The number of halogens is 1. The molecule has 1 unspecified atom stereocenters. The summed E-state index contributed by atoms with van der Waals surface area (Å²) in [6, 6.07) is 11.1. The van der Waals surface area contributed by atoms with Gasteiger partial charge in [-0.05, 0) is 36.8 Å². The largest absolute Gasteiger partial charge is 0.396 e. The van der Waals surface area contributed by atoms with Gasteiger partial charge in [0.1, 0.15) is 5.82 Å². The van der Waals surface area contributed by atoms with Crippen LogP contribution in [0.5, 0.6) is 0 Å². The van der Waals surface area contributed by atoms with Gasteiger partial charge in [-0.3, -0.25) is 4.79 Å². The lowest BCUT2D eigenvalue weighted by atomic mass is 10.1. The highest BCUT2D eigenvalue weighted by atomic mass is 19.1. The minimum Gasteiger partial charge on any atom is -0.396 e. The number of amides is 1. The quantitative estimate of drug-likeness (QED) is 0.749. The van der Waals surface area contributed by atoms with Gasteiger partial charge in [-0.15, -0.1) is 0 Å². The number of primary amides is 1. The zero-order chi connectivity index (χ0) is 14.7. The summed E-state index contributed by atoms with van der Waals surface area (Å²) in [4.78, 5) is 11.2. The highest BCUT2D eigenvalue weighted by molar-refractivity contribution is 6.00. The smallest absolute Gasteiger partial charge is 0.250 e. The highest BCUT2D eigenvalue weighted by Crippen LogP contribution is 2.27. The molecule has 2 aromatic carbocycles. The average molecular weight is 273 g/mol. The summed E-state index contributed by atoms with van der Waals surface area (Å²) in [6.07, 6.45) is 0. The molecular weight excluding hydrogens is 257 g/mol. The number of carbonyl (C=O) groups excluding carboxylic acids is 1. The van der Waals surface area contributed by atoms with E-state index < -0.39 is 5.91 Å². The van der Waals surface area contributed by atoms with Crippen LogP contribution in [0.25, 0.3) is 0 Å². The molecule has 0 spiro atoms. The van der Waals surface area contributed by atoms with E-state index in [9.17, 15) is 9.18 Å². The molecule has 0 heterocycles. The van der Waals surface area contributed by atoms with Gasteiger partial charge >= 0.3 is 0 Å². The van der Waals surface area contributed by atoms with Crippen molar-refractivity contribution in [3.05, 3.63) is 59.4 Å². The molecule has 0 fully saturated rings. The van der Waals surface area contributed by atoms with E-state index in [4.69, 9.17) is 11.5 Å². The summed E-state index contributed by atoms with van der Waals surface area (Å²) >= 11 is 0. The Balaban J connectivity index is 2.26. The third kappa shape index (κ3) is 2.88. The normalized spacial score (nSPS) is 11.9. The summed E-state index contributed by atoms with van der Waals surface area (Å²) in [5.41, 5.74) is 13.1. The fraction of sp³-hybridized carbons (Fsp3) is 0.133. The van der Waals surface area contributed by atoms with E-state index in [-0.39, 0.29) is 17.4 Å². The van der Waals surface area contributed by atoms with Crippen LogP contribution in [0.2, 0.25) is 0 Å². The summed E-state index contributed by atoms with van der Waals surface area (Å²) in [5, 5.41) is 3.15. The van der Waals surface area contributed by atoms with Crippen molar-refractivity contribution in [1.29, 1.82) is 0 Å². The molecule has 0 radical (unpaired) electrons. The molecule has 1 amide bonds. The van der Waals surface area contributed by atoms with Gasteiger partial charge < -0.3 is 16.8 Å². The SMILES string of the molecule is CC(Nc1cccc(C(N)=O)c1N)c1cccc(F)c1. The molecule has 0 saturated carbocycles. The maximum atomic E-state index is 13.2. The minimum absolute atomic E-state index is 0.156. The van der Waals surface area contributed by atoms with Crippen molar-refractivity contribution >= 4 is 17.3 Å². The molecule has 0 saturated heterocycles. The van der Waals surface area contributed by atoms with E-state index in [0.717, 1.165) is 5.56 Å². The van der Waals surface area contributed by atoms with Crippen molar-refractivity contribution in [3.63, 3.8) is 0 Å². The Morgan fingerprint density at radius 1 is 1.25 bits per heavy atom. The summed E-state index contributed by atoms with van der Waals surface area (Å²) in [6.45, 7) is 1.88. The number of para-hydroxylation sites is 1. The molecule has 0 aliphatic heterocycles. The number of hydrogen-bond acceptors (Lipinski definition) is 3. The lowest BCUT2D eigenvalue weighted by Gasteiger charge is -2.18. The van der Waals surface area contributed by atoms with Gasteiger partial charge in [0.25, 0.3) is 5.91 Å². The number of carbonyl (C=O) groups is 1. The standard InChI is InChI=1S/C15H16FN3O/c1-9(10-4-2-5-11(16)8-10)19-13-7-3-6-12(14(13)17)15(18)20/h2-9,19H,17H2,1H3,(H2,18,20). The van der Waals surface area contributed by atoms with Gasteiger partial charge in [-0.2, -0.15) is 0 Å². The fourth-order valence-corrected chi connectivity index (χ4v) is 2.00. The van der Waals surface area contributed by atoms with Crippen LogP contribution < -0.4 is 16.8 Å². The molecule has 2 rings (SSSR count). The van der Waals surface area contributed by atoms with E-state index in [0.29, 0.717) is 11.4 Å². The van der Waals surface area contributed by atoms with Crippen molar-refractivity contribution < 1.29 is 9.18 Å². The van der Waals surface area contributed by atoms with Crippen molar-refractivity contribution in [3.8, 4) is 0 Å². The maximum absolute atomic E-state index is 13.2. The second kappa shape index (κ2) is 5.61. The molecule has 104 valence electrons. The number of rotatable bonds is 4.